The monoisotopic (exact) mass is 483 g/mol. The van der Waals surface area contributed by atoms with Crippen molar-refractivity contribution >= 4 is 28.7 Å². The van der Waals surface area contributed by atoms with Crippen LogP contribution in [0.4, 0.5) is 13.2 Å². The summed E-state index contributed by atoms with van der Waals surface area (Å²) in [6.45, 7) is 8.81. The third-order valence-electron chi connectivity index (χ3n) is 6.69. The SMILES string of the molecule is CCC(C)C(=O)N1CCC(CC2(C)SC(=NC(C)c3ccccc3C(F)(F)F)NC2=O)CC1. The zero-order valence-corrected chi connectivity index (χ0v) is 20.4. The highest BCUT2D eigenvalue weighted by Gasteiger charge is 2.45. The number of benzene rings is 1. The van der Waals surface area contributed by atoms with E-state index in [4.69, 9.17) is 0 Å². The molecule has 3 atom stereocenters. The van der Waals surface area contributed by atoms with Crippen molar-refractivity contribution in [3.63, 3.8) is 0 Å². The third kappa shape index (κ3) is 5.91. The average Bonchev–Trinajstić information content (AvgIpc) is 3.04. The van der Waals surface area contributed by atoms with E-state index in [1.165, 1.54) is 23.9 Å². The number of halogens is 3. The number of amides is 2. The van der Waals surface area contributed by atoms with Crippen molar-refractivity contribution in [2.24, 2.45) is 16.8 Å². The van der Waals surface area contributed by atoms with Gasteiger partial charge in [0.2, 0.25) is 11.8 Å². The number of rotatable bonds is 6. The molecule has 5 nitrogen and oxygen atoms in total. The molecule has 2 aliphatic rings. The summed E-state index contributed by atoms with van der Waals surface area (Å²) >= 11 is 1.29. The summed E-state index contributed by atoms with van der Waals surface area (Å²) in [5.41, 5.74) is -0.628. The lowest BCUT2D eigenvalue weighted by molar-refractivity contribution is -0.138. The highest BCUT2D eigenvalue weighted by molar-refractivity contribution is 8.16. The molecule has 1 aromatic carbocycles. The Labute approximate surface area is 197 Å². The quantitative estimate of drug-likeness (QED) is 0.588. The van der Waals surface area contributed by atoms with Gasteiger partial charge >= 0.3 is 6.18 Å². The second-order valence-electron chi connectivity index (χ2n) is 9.26. The van der Waals surface area contributed by atoms with E-state index < -0.39 is 22.5 Å². The number of aliphatic imine (C=N–C) groups is 1. The summed E-state index contributed by atoms with van der Waals surface area (Å²) in [6, 6.07) is 4.64. The van der Waals surface area contributed by atoms with Gasteiger partial charge in [0.15, 0.2) is 5.17 Å². The number of carbonyl (C=O) groups excluding carboxylic acids is 2. The molecule has 1 N–H and O–H groups in total. The molecular formula is C24H32F3N3O2S. The molecular weight excluding hydrogens is 451 g/mol. The van der Waals surface area contributed by atoms with Crippen molar-refractivity contribution < 1.29 is 22.8 Å². The standard InChI is InChI=1S/C24H32F3N3O2S/c1-5-15(2)20(31)30-12-10-17(11-13-30)14-23(4)21(32)29-22(33-23)28-16(3)18-8-6-7-9-19(18)24(25,26)27/h6-9,15-17H,5,10-14H2,1-4H3,(H,28,29,32). The van der Waals surface area contributed by atoms with Gasteiger partial charge in [-0.1, -0.05) is 43.8 Å². The predicted octanol–water partition coefficient (Wildman–Crippen LogP) is 5.42. The van der Waals surface area contributed by atoms with Gasteiger partial charge in [-0.05, 0) is 57.1 Å². The summed E-state index contributed by atoms with van der Waals surface area (Å²) in [5, 5.41) is 3.13. The highest BCUT2D eigenvalue weighted by Crippen LogP contribution is 2.41. The van der Waals surface area contributed by atoms with E-state index in [0.717, 1.165) is 25.3 Å². The van der Waals surface area contributed by atoms with Crippen LogP contribution in [0, 0.1) is 11.8 Å². The van der Waals surface area contributed by atoms with Crippen molar-refractivity contribution in [2.75, 3.05) is 13.1 Å². The number of amidine groups is 1. The summed E-state index contributed by atoms with van der Waals surface area (Å²) in [6.07, 6.45) is -1.32. The van der Waals surface area contributed by atoms with E-state index in [1.807, 2.05) is 25.7 Å². The Balaban J connectivity index is 1.64. The van der Waals surface area contributed by atoms with Crippen LogP contribution in [0.2, 0.25) is 0 Å². The molecule has 0 spiro atoms. The minimum absolute atomic E-state index is 0.0264. The molecule has 2 saturated heterocycles. The molecule has 1 aromatic rings. The van der Waals surface area contributed by atoms with Crippen molar-refractivity contribution in [2.45, 2.75) is 70.3 Å². The molecule has 0 aliphatic carbocycles. The van der Waals surface area contributed by atoms with E-state index in [9.17, 15) is 22.8 Å². The number of hydrogen-bond donors (Lipinski definition) is 1. The van der Waals surface area contributed by atoms with Crippen LogP contribution in [-0.4, -0.2) is 39.7 Å². The van der Waals surface area contributed by atoms with Gasteiger partial charge in [-0.15, -0.1) is 0 Å². The second kappa shape index (κ2) is 10.1. The highest BCUT2D eigenvalue weighted by atomic mass is 32.2. The lowest BCUT2D eigenvalue weighted by atomic mass is 9.86. The maximum atomic E-state index is 13.4. The van der Waals surface area contributed by atoms with Crippen LogP contribution in [0.5, 0.6) is 0 Å². The van der Waals surface area contributed by atoms with Crippen molar-refractivity contribution in [1.29, 1.82) is 0 Å². The Morgan fingerprint density at radius 3 is 2.52 bits per heavy atom. The maximum Gasteiger partial charge on any atom is 0.416 e. The fourth-order valence-electron chi connectivity index (χ4n) is 4.47. The second-order valence-corrected chi connectivity index (χ2v) is 10.8. The largest absolute Gasteiger partial charge is 0.416 e. The molecule has 2 heterocycles. The molecule has 0 aromatic heterocycles. The Morgan fingerprint density at radius 2 is 1.91 bits per heavy atom. The van der Waals surface area contributed by atoms with Crippen LogP contribution in [-0.2, 0) is 15.8 Å². The Bertz CT molecular complexity index is 912. The van der Waals surface area contributed by atoms with E-state index in [1.54, 1.807) is 13.0 Å². The smallest absolute Gasteiger partial charge is 0.342 e. The summed E-state index contributed by atoms with van der Waals surface area (Å²) in [7, 11) is 0. The van der Waals surface area contributed by atoms with Crippen LogP contribution < -0.4 is 5.32 Å². The summed E-state index contributed by atoms with van der Waals surface area (Å²) in [5.74, 6) is 0.355. The van der Waals surface area contributed by atoms with Gasteiger partial charge in [0.05, 0.1) is 16.4 Å². The fourth-order valence-corrected chi connectivity index (χ4v) is 5.71. The normalized spacial score (nSPS) is 25.2. The number of thioether (sulfide) groups is 1. The van der Waals surface area contributed by atoms with E-state index in [-0.39, 0.29) is 23.3 Å². The van der Waals surface area contributed by atoms with E-state index in [0.29, 0.717) is 30.6 Å². The van der Waals surface area contributed by atoms with Crippen LogP contribution in [0.1, 0.15) is 70.5 Å². The molecule has 9 heteroatoms. The topological polar surface area (TPSA) is 61.8 Å². The Hall–Kier alpha value is -2.03. The minimum atomic E-state index is -4.46. The first-order chi connectivity index (χ1) is 15.4. The van der Waals surface area contributed by atoms with Gasteiger partial charge in [0.25, 0.3) is 0 Å². The van der Waals surface area contributed by atoms with Crippen LogP contribution in [0.25, 0.3) is 0 Å². The van der Waals surface area contributed by atoms with Gasteiger partial charge < -0.3 is 10.2 Å². The lowest BCUT2D eigenvalue weighted by Gasteiger charge is -2.35. The van der Waals surface area contributed by atoms with Gasteiger partial charge in [-0.2, -0.15) is 13.2 Å². The zero-order chi connectivity index (χ0) is 24.4. The first-order valence-corrected chi connectivity index (χ1v) is 12.3. The number of piperidine rings is 1. The number of carbonyl (C=O) groups is 2. The number of alkyl halides is 3. The first-order valence-electron chi connectivity index (χ1n) is 11.5. The Morgan fingerprint density at radius 1 is 1.27 bits per heavy atom. The molecule has 2 amide bonds. The van der Waals surface area contributed by atoms with Crippen molar-refractivity contribution in [1.82, 2.24) is 10.2 Å². The van der Waals surface area contributed by atoms with Gasteiger partial charge in [-0.3, -0.25) is 14.6 Å². The van der Waals surface area contributed by atoms with Crippen LogP contribution >= 0.6 is 11.8 Å². The number of nitrogens with zero attached hydrogens (tertiary/aromatic N) is 2. The Kier molecular flexibility index (Phi) is 7.81. The van der Waals surface area contributed by atoms with Crippen molar-refractivity contribution in [3.05, 3.63) is 35.4 Å². The van der Waals surface area contributed by atoms with Gasteiger partial charge in [0.1, 0.15) is 0 Å². The number of likely N-dealkylation sites (tertiary alicyclic amines) is 1. The zero-order valence-electron chi connectivity index (χ0n) is 19.5. The molecule has 3 unspecified atom stereocenters. The predicted molar refractivity (Wildman–Crippen MR) is 125 cm³/mol. The summed E-state index contributed by atoms with van der Waals surface area (Å²) < 4.78 is 39.4. The molecule has 2 fully saturated rings. The first kappa shape index (κ1) is 25.6. The van der Waals surface area contributed by atoms with E-state index >= 15 is 0 Å². The molecule has 33 heavy (non-hydrogen) atoms. The van der Waals surface area contributed by atoms with Crippen molar-refractivity contribution in [3.8, 4) is 0 Å². The minimum Gasteiger partial charge on any atom is -0.342 e. The van der Waals surface area contributed by atoms with Gasteiger partial charge in [0, 0.05) is 19.0 Å². The molecule has 2 aliphatic heterocycles. The number of nitrogens with one attached hydrogen (secondary N) is 1. The molecule has 182 valence electrons. The third-order valence-corrected chi connectivity index (χ3v) is 7.89. The van der Waals surface area contributed by atoms with Gasteiger partial charge in [-0.25, -0.2) is 0 Å². The average molecular weight is 484 g/mol. The van der Waals surface area contributed by atoms with Crippen LogP contribution in [0.15, 0.2) is 29.3 Å². The lowest BCUT2D eigenvalue weighted by Crippen LogP contribution is -2.43. The number of hydrogen-bond acceptors (Lipinski definition) is 4. The molecule has 3 rings (SSSR count). The molecule has 0 saturated carbocycles. The molecule has 0 bridgehead atoms. The maximum absolute atomic E-state index is 13.4. The fraction of sp³-hybridized carbons (Fsp3) is 0.625. The van der Waals surface area contributed by atoms with E-state index in [2.05, 4.69) is 10.3 Å². The van der Waals surface area contributed by atoms with Crippen LogP contribution in [0.3, 0.4) is 0 Å². The molecule has 0 radical (unpaired) electrons. The summed E-state index contributed by atoms with van der Waals surface area (Å²) in [4.78, 5) is 31.5.